The molecule has 20 nitrogen and oxygen atoms in total. The molecular weight excluding hydrogens is 943 g/mol. The number of carbonyl (C=O) groups is 2. The minimum absolute atomic E-state index is 0.0109. The molecule has 0 spiro atoms. The van der Waals surface area contributed by atoms with Crippen LogP contribution in [-0.2, 0) is 37.4 Å². The molecule has 0 amide bonds. The minimum Gasteiger partial charge on any atom is -0.479 e. The van der Waals surface area contributed by atoms with E-state index in [1.165, 1.54) is 49.5 Å². The molecule has 68 heavy (non-hydrogen) atoms. The number of pyridine rings is 1. The predicted molar refractivity (Wildman–Crippen MR) is 250 cm³/mol. The summed E-state index contributed by atoms with van der Waals surface area (Å²) in [4.78, 5) is 52.6. The van der Waals surface area contributed by atoms with Gasteiger partial charge < -0.3 is 25.6 Å². The number of aromatic nitrogens is 4. The van der Waals surface area contributed by atoms with Crippen LogP contribution in [0.5, 0.6) is 6.01 Å². The first-order valence-corrected chi connectivity index (χ1v) is 24.6. The van der Waals surface area contributed by atoms with Gasteiger partial charge in [0.25, 0.3) is 35.9 Å². The van der Waals surface area contributed by atoms with Crippen molar-refractivity contribution in [2.24, 2.45) is 7.05 Å². The molecule has 0 radical (unpaired) electrons. The molecule has 1 aliphatic carbocycles. The van der Waals surface area contributed by atoms with E-state index in [2.05, 4.69) is 30.9 Å². The molecule has 0 saturated heterocycles. The Hall–Kier alpha value is -7.41. The van der Waals surface area contributed by atoms with Crippen LogP contribution in [0.15, 0.2) is 110 Å². The summed E-state index contributed by atoms with van der Waals surface area (Å²) < 4.78 is 108. The minimum atomic E-state index is -5.38. The van der Waals surface area contributed by atoms with Gasteiger partial charge in [-0.1, -0.05) is 82.3 Å². The topological polar surface area (TPSA) is 314 Å². The number of nitrogens with one attached hydrogen (secondary N) is 3. The number of rotatable bonds is 13. The molecule has 2 heterocycles. The van der Waals surface area contributed by atoms with E-state index in [0.29, 0.717) is 11.8 Å². The molecule has 0 bridgehead atoms. The van der Waals surface area contributed by atoms with Crippen LogP contribution < -0.4 is 21.5 Å². The third kappa shape index (κ3) is 8.57. The number of ketones is 2. The molecule has 0 atom stereocenters. The van der Waals surface area contributed by atoms with Gasteiger partial charge in [-0.2, -0.15) is 40.2 Å². The monoisotopic (exact) mass is 981 g/mol. The Kier molecular flexibility index (Phi) is 11.8. The zero-order valence-electron chi connectivity index (χ0n) is 36.3. The van der Waals surface area contributed by atoms with Gasteiger partial charge in [0.1, 0.15) is 9.79 Å². The van der Waals surface area contributed by atoms with E-state index in [0.717, 1.165) is 33.9 Å². The number of benzene rings is 5. The Balaban J connectivity index is 1.32. The van der Waals surface area contributed by atoms with Crippen molar-refractivity contribution in [3.05, 3.63) is 135 Å². The van der Waals surface area contributed by atoms with Crippen molar-refractivity contribution in [2.45, 2.75) is 54.2 Å². The second-order valence-electron chi connectivity index (χ2n) is 16.3. The Morgan fingerprint density at radius 2 is 1.19 bits per heavy atom. The van der Waals surface area contributed by atoms with Crippen molar-refractivity contribution in [1.29, 1.82) is 0 Å². The Morgan fingerprint density at radius 1 is 0.618 bits per heavy atom. The highest BCUT2D eigenvalue weighted by Crippen LogP contribution is 2.45. The summed E-state index contributed by atoms with van der Waals surface area (Å²) in [6, 6.07) is 19.1. The molecule has 350 valence electrons. The summed E-state index contributed by atoms with van der Waals surface area (Å²) >= 11 is 0. The molecule has 0 aliphatic heterocycles. The maximum atomic E-state index is 14.6. The van der Waals surface area contributed by atoms with Crippen LogP contribution in [-0.4, -0.2) is 75.1 Å². The van der Waals surface area contributed by atoms with Crippen LogP contribution in [0.3, 0.4) is 0 Å². The third-order valence-electron chi connectivity index (χ3n) is 11.2. The molecule has 0 fully saturated rings. The van der Waals surface area contributed by atoms with E-state index in [9.17, 15) is 58.4 Å². The number of fused-ring (bicyclic) bond motifs is 2. The van der Waals surface area contributed by atoms with Crippen molar-refractivity contribution in [3.63, 3.8) is 0 Å². The Bertz CT molecular complexity index is 3720. The number of anilines is 6. The Labute approximate surface area is 388 Å². The normalized spacial score (nSPS) is 12.6. The van der Waals surface area contributed by atoms with Gasteiger partial charge in [-0.3, -0.25) is 28.0 Å². The van der Waals surface area contributed by atoms with Crippen LogP contribution >= 0.6 is 0 Å². The van der Waals surface area contributed by atoms with Crippen LogP contribution in [0, 0.1) is 0 Å². The predicted octanol–water partition coefficient (Wildman–Crippen LogP) is 7.09. The zero-order valence-corrected chi connectivity index (χ0v) is 38.7. The highest BCUT2D eigenvalue weighted by molar-refractivity contribution is 7.87. The first-order valence-electron chi connectivity index (χ1n) is 20.3. The largest absolute Gasteiger partial charge is 0.479 e. The van der Waals surface area contributed by atoms with E-state index >= 15 is 0 Å². The number of hydrogen-bond acceptors (Lipinski definition) is 16. The van der Waals surface area contributed by atoms with Gasteiger partial charge >= 0.3 is 6.01 Å². The maximum Gasteiger partial charge on any atom is 0.320 e. The van der Waals surface area contributed by atoms with Crippen molar-refractivity contribution < 1.29 is 53.6 Å². The van der Waals surface area contributed by atoms with E-state index in [-0.39, 0.29) is 62.2 Å². The highest BCUT2D eigenvalue weighted by Gasteiger charge is 2.35. The molecule has 23 heteroatoms. The number of nitrogens with zero attached hydrogens (tertiary/aromatic N) is 4. The average molecular weight is 982 g/mol. The van der Waals surface area contributed by atoms with Gasteiger partial charge in [-0.05, 0) is 64.9 Å². The summed E-state index contributed by atoms with van der Waals surface area (Å²) in [7, 11) is -14.2. The van der Waals surface area contributed by atoms with Crippen LogP contribution in [0.1, 0.15) is 82.5 Å². The standard InChI is InChI=1S/C45H39N7O13S3/c1-21(2)25-14-9-15-26(22(3)4)39(25)48-44-49-43(50-45(56)51-44)47-31-19-30(33(67(60,61)62)20-34(31)68(63,64)65)46-29-16-17-32-37-35(27-12-6-7-13-28(27)41(54)36(29)37)38(42(55)52(32)5)40(53)23-10-8-11-24(18-23)66(57,58)59/h6-22,46H,1-5H3,(H,57,58,59)(H,60,61,62)(H,63,64,65)(H3,47,48,49,50,51,56). The second-order valence-corrected chi connectivity index (χ2v) is 20.5. The average Bonchev–Trinajstić information content (AvgIpc) is 3.25. The molecule has 7 aromatic rings. The van der Waals surface area contributed by atoms with Crippen LogP contribution in [0.2, 0.25) is 0 Å². The lowest BCUT2D eigenvalue weighted by Crippen LogP contribution is -2.29. The van der Waals surface area contributed by atoms with Crippen molar-refractivity contribution in [2.75, 3.05) is 16.0 Å². The lowest BCUT2D eigenvalue weighted by Gasteiger charge is -2.26. The lowest BCUT2D eigenvalue weighted by atomic mass is 9.80. The molecule has 8 rings (SSSR count). The molecule has 5 aromatic carbocycles. The number of para-hydroxylation sites is 1. The van der Waals surface area contributed by atoms with Gasteiger partial charge in [0, 0.05) is 34.8 Å². The first kappa shape index (κ1) is 47.1. The number of aryl methyl sites for hydroxylation is 1. The second kappa shape index (κ2) is 17.0. The van der Waals surface area contributed by atoms with E-state index < -0.39 is 91.1 Å². The highest BCUT2D eigenvalue weighted by atomic mass is 32.2. The summed E-state index contributed by atoms with van der Waals surface area (Å²) in [5.74, 6) is -2.30. The fourth-order valence-electron chi connectivity index (χ4n) is 8.16. The molecule has 1 aliphatic rings. The fourth-order valence-corrected chi connectivity index (χ4v) is 10.1. The van der Waals surface area contributed by atoms with Gasteiger partial charge in [-0.15, -0.1) is 0 Å². The van der Waals surface area contributed by atoms with Crippen LogP contribution in [0.4, 0.5) is 34.6 Å². The maximum absolute atomic E-state index is 14.6. The van der Waals surface area contributed by atoms with E-state index in [4.69, 9.17) is 0 Å². The van der Waals surface area contributed by atoms with E-state index in [1.54, 1.807) is 6.07 Å². The fraction of sp³-hybridized carbons (Fsp3) is 0.156. The molecular formula is C45H39N7O13S3. The van der Waals surface area contributed by atoms with E-state index in [1.807, 2.05) is 45.9 Å². The molecule has 2 aromatic heterocycles. The lowest BCUT2D eigenvalue weighted by molar-refractivity contribution is 0.102. The summed E-state index contributed by atoms with van der Waals surface area (Å²) in [5.41, 5.74) is -0.624. The van der Waals surface area contributed by atoms with Gasteiger partial charge in [0.2, 0.25) is 11.9 Å². The summed E-state index contributed by atoms with van der Waals surface area (Å²) in [6.07, 6.45) is 0. The van der Waals surface area contributed by atoms with Crippen LogP contribution in [0.25, 0.3) is 22.0 Å². The zero-order chi connectivity index (χ0) is 49.4. The molecule has 7 N–H and O–H groups in total. The quantitative estimate of drug-likeness (QED) is 0.0448. The number of carbonyl (C=O) groups excluding carboxylic acids is 2. The summed E-state index contributed by atoms with van der Waals surface area (Å²) in [5, 5.41) is 19.1. The summed E-state index contributed by atoms with van der Waals surface area (Å²) in [6.45, 7) is 7.89. The van der Waals surface area contributed by atoms with Crippen molar-refractivity contribution in [1.82, 2.24) is 19.5 Å². The number of aromatic hydroxyl groups is 1. The molecule has 0 saturated carbocycles. The third-order valence-corrected chi connectivity index (χ3v) is 13.9. The van der Waals surface area contributed by atoms with Gasteiger partial charge in [0.15, 0.2) is 11.6 Å². The van der Waals surface area contributed by atoms with Crippen molar-refractivity contribution >= 4 is 87.5 Å². The van der Waals surface area contributed by atoms with Gasteiger partial charge in [0.05, 0.1) is 38.6 Å². The van der Waals surface area contributed by atoms with Crippen molar-refractivity contribution in [3.8, 4) is 17.1 Å². The molecule has 0 unspecified atom stereocenters. The Morgan fingerprint density at radius 3 is 1.78 bits per heavy atom. The smallest absolute Gasteiger partial charge is 0.320 e. The van der Waals surface area contributed by atoms with Gasteiger partial charge in [-0.25, -0.2) is 0 Å². The SMILES string of the molecule is CC(C)c1cccc(C(C)C)c1Nc1nc(O)nc(Nc2cc(Nc3ccc4c5c3C(=O)c3ccccc3-c5c(C(=O)c3cccc(S(=O)(=O)O)c3)c(=O)n4C)c(S(=O)(=O)O)cc2S(=O)(=O)O)n1. The first-order chi connectivity index (χ1) is 31.8. The number of hydrogen-bond donors (Lipinski definition) is 7.